The van der Waals surface area contributed by atoms with Crippen molar-refractivity contribution in [2.45, 2.75) is 13.0 Å². The van der Waals surface area contributed by atoms with Gasteiger partial charge in [-0.1, -0.05) is 0 Å². The van der Waals surface area contributed by atoms with Gasteiger partial charge in [0.1, 0.15) is 11.6 Å². The Morgan fingerprint density at radius 1 is 1.42 bits per heavy atom. The Hall–Kier alpha value is -2.51. The van der Waals surface area contributed by atoms with E-state index in [1.54, 1.807) is 0 Å². The summed E-state index contributed by atoms with van der Waals surface area (Å²) in [7, 11) is 0. The first-order valence-corrected chi connectivity index (χ1v) is 5.33. The maximum absolute atomic E-state index is 13.5. The molecule has 1 atom stereocenters. The van der Waals surface area contributed by atoms with Crippen LogP contribution in [0.5, 0.6) is 0 Å². The number of hydrogen-bond acceptors (Lipinski definition) is 5. The molecule has 0 aliphatic heterocycles. The Labute approximate surface area is 106 Å². The lowest BCUT2D eigenvalue weighted by Crippen LogP contribution is -2.28. The predicted molar refractivity (Wildman–Crippen MR) is 60.9 cm³/mol. The summed E-state index contributed by atoms with van der Waals surface area (Å²) in [6, 6.07) is 2.22. The highest BCUT2D eigenvalue weighted by molar-refractivity contribution is 5.96. The minimum Gasteiger partial charge on any atom is -0.379 e. The van der Waals surface area contributed by atoms with Gasteiger partial charge in [0.05, 0.1) is 6.04 Å². The zero-order chi connectivity index (χ0) is 14.0. The van der Waals surface area contributed by atoms with Gasteiger partial charge in [0.2, 0.25) is 11.5 Å². The summed E-state index contributed by atoms with van der Waals surface area (Å²) in [6.45, 7) is 1.50. The summed E-state index contributed by atoms with van der Waals surface area (Å²) in [5, 5.41) is 8.98. The molecule has 0 aliphatic carbocycles. The molecule has 0 aliphatic rings. The van der Waals surface area contributed by atoms with Gasteiger partial charge in [0.15, 0.2) is 0 Å². The Bertz CT molecular complexity index is 614. The molecular weight excluding hydrogens is 258 g/mol. The largest absolute Gasteiger partial charge is 0.379 e. The molecule has 1 heterocycles. The van der Waals surface area contributed by atoms with Gasteiger partial charge in [-0.05, 0) is 35.4 Å². The van der Waals surface area contributed by atoms with Crippen molar-refractivity contribution in [3.63, 3.8) is 0 Å². The van der Waals surface area contributed by atoms with Gasteiger partial charge < -0.3 is 11.1 Å². The molecule has 1 amide bonds. The fraction of sp³-hybridized carbons (Fsp3) is 0.182. The summed E-state index contributed by atoms with van der Waals surface area (Å²) in [5.74, 6) is -2.08. The van der Waals surface area contributed by atoms with Crippen LogP contribution < -0.4 is 11.1 Å². The van der Waals surface area contributed by atoms with E-state index in [0.717, 1.165) is 18.2 Å². The molecule has 1 aromatic carbocycles. The molecule has 0 saturated heterocycles. The average Bonchev–Trinajstić information content (AvgIpc) is 2.78. The number of hydrogen-bond donors (Lipinski definition) is 2. The smallest absolute Gasteiger partial charge is 0.277 e. The van der Waals surface area contributed by atoms with Crippen LogP contribution >= 0.6 is 0 Å². The van der Waals surface area contributed by atoms with Gasteiger partial charge in [-0.2, -0.15) is 0 Å². The number of aromatic nitrogens is 2. The van der Waals surface area contributed by atoms with Crippen molar-refractivity contribution in [1.82, 2.24) is 15.6 Å². The molecule has 1 unspecified atom stereocenters. The molecule has 100 valence electrons. The van der Waals surface area contributed by atoms with E-state index in [2.05, 4.69) is 20.3 Å². The summed E-state index contributed by atoms with van der Waals surface area (Å²) in [4.78, 5) is 11.7. The fourth-order valence-corrected chi connectivity index (χ4v) is 1.54. The Morgan fingerprint density at radius 2 is 2.16 bits per heavy atom. The van der Waals surface area contributed by atoms with Gasteiger partial charge in [-0.15, -0.1) is 0 Å². The van der Waals surface area contributed by atoms with Crippen LogP contribution in [0, 0.1) is 11.6 Å². The third kappa shape index (κ3) is 2.67. The quantitative estimate of drug-likeness (QED) is 0.878. The van der Waals surface area contributed by atoms with Gasteiger partial charge in [-0.25, -0.2) is 13.4 Å². The summed E-state index contributed by atoms with van der Waals surface area (Å²) >= 11 is 0. The lowest BCUT2D eigenvalue weighted by molar-refractivity contribution is 0.0930. The van der Waals surface area contributed by atoms with Crippen molar-refractivity contribution in [1.29, 1.82) is 0 Å². The maximum atomic E-state index is 13.5. The zero-order valence-electron chi connectivity index (χ0n) is 9.85. The van der Waals surface area contributed by atoms with Crippen molar-refractivity contribution in [3.8, 4) is 0 Å². The monoisotopic (exact) mass is 268 g/mol. The van der Waals surface area contributed by atoms with Crippen molar-refractivity contribution < 1.29 is 18.2 Å². The topological polar surface area (TPSA) is 94.0 Å². The third-order valence-electron chi connectivity index (χ3n) is 2.50. The summed E-state index contributed by atoms with van der Waals surface area (Å²) < 4.78 is 30.8. The van der Waals surface area contributed by atoms with Crippen molar-refractivity contribution in [3.05, 3.63) is 41.1 Å². The Morgan fingerprint density at radius 3 is 2.79 bits per heavy atom. The van der Waals surface area contributed by atoms with E-state index < -0.39 is 23.6 Å². The second-order valence-corrected chi connectivity index (χ2v) is 3.86. The number of rotatable bonds is 3. The Balaban J connectivity index is 2.17. The second kappa shape index (κ2) is 5.01. The molecule has 0 fully saturated rings. The molecule has 19 heavy (non-hydrogen) atoms. The zero-order valence-corrected chi connectivity index (χ0v) is 9.85. The second-order valence-electron chi connectivity index (χ2n) is 3.86. The number of nitrogens with two attached hydrogens (primary N) is 1. The van der Waals surface area contributed by atoms with Crippen LogP contribution in [0.4, 0.5) is 14.6 Å². The van der Waals surface area contributed by atoms with Crippen LogP contribution in [0.1, 0.15) is 29.0 Å². The van der Waals surface area contributed by atoms with Crippen LogP contribution in [0.25, 0.3) is 0 Å². The molecule has 1 aromatic heterocycles. The minimum atomic E-state index is -0.765. The number of anilines is 1. The number of nitrogens with zero attached hydrogens (tertiary/aromatic N) is 2. The van der Waals surface area contributed by atoms with E-state index in [1.165, 1.54) is 6.92 Å². The van der Waals surface area contributed by atoms with E-state index >= 15 is 0 Å². The van der Waals surface area contributed by atoms with E-state index in [0.29, 0.717) is 0 Å². The van der Waals surface area contributed by atoms with Crippen LogP contribution in [0.2, 0.25) is 0 Å². The molecular formula is C11H10F2N4O2. The number of carbonyl (C=O) groups excluding carboxylic acids is 1. The van der Waals surface area contributed by atoms with Gasteiger partial charge in [0, 0.05) is 5.56 Å². The first kappa shape index (κ1) is 12.9. The van der Waals surface area contributed by atoms with Gasteiger partial charge in [0.25, 0.3) is 5.91 Å². The van der Waals surface area contributed by atoms with Gasteiger partial charge in [-0.3, -0.25) is 4.79 Å². The highest BCUT2D eigenvalue weighted by atomic mass is 19.1. The van der Waals surface area contributed by atoms with Crippen LogP contribution in [0.15, 0.2) is 22.8 Å². The van der Waals surface area contributed by atoms with Crippen LogP contribution in [0.3, 0.4) is 0 Å². The number of carbonyl (C=O) groups is 1. The highest BCUT2D eigenvalue weighted by Gasteiger charge is 2.20. The van der Waals surface area contributed by atoms with Crippen LogP contribution in [-0.2, 0) is 0 Å². The summed E-state index contributed by atoms with van der Waals surface area (Å²) in [5.41, 5.74) is 5.16. The van der Waals surface area contributed by atoms with Crippen molar-refractivity contribution >= 4 is 11.7 Å². The minimum absolute atomic E-state index is 0.0170. The molecule has 0 saturated carbocycles. The molecule has 8 heteroatoms. The first-order chi connectivity index (χ1) is 8.99. The predicted octanol–water partition coefficient (Wildman–Crippen LogP) is 1.42. The molecule has 6 nitrogen and oxygen atoms in total. The number of nitrogen functional groups attached to an aromatic ring is 1. The molecule has 0 radical (unpaired) electrons. The SMILES string of the molecule is CC(NC(=O)c1nonc1N)c1cc(F)ccc1F. The van der Waals surface area contributed by atoms with Crippen LogP contribution in [-0.4, -0.2) is 16.2 Å². The number of benzene rings is 1. The normalized spacial score (nSPS) is 12.2. The van der Waals surface area contributed by atoms with Crippen molar-refractivity contribution in [2.75, 3.05) is 5.73 Å². The highest BCUT2D eigenvalue weighted by Crippen LogP contribution is 2.18. The molecule has 2 aromatic rings. The number of nitrogens with one attached hydrogen (secondary N) is 1. The van der Waals surface area contributed by atoms with E-state index in [-0.39, 0.29) is 17.1 Å². The maximum Gasteiger partial charge on any atom is 0.277 e. The number of amides is 1. The third-order valence-corrected chi connectivity index (χ3v) is 2.50. The fourth-order valence-electron chi connectivity index (χ4n) is 1.54. The lowest BCUT2D eigenvalue weighted by Gasteiger charge is -2.14. The molecule has 0 bridgehead atoms. The molecule has 0 spiro atoms. The molecule has 2 rings (SSSR count). The Kier molecular flexibility index (Phi) is 3.41. The van der Waals surface area contributed by atoms with E-state index in [4.69, 9.17) is 5.73 Å². The summed E-state index contributed by atoms with van der Waals surface area (Å²) in [6.07, 6.45) is 0. The number of halogens is 2. The van der Waals surface area contributed by atoms with Crippen molar-refractivity contribution in [2.24, 2.45) is 0 Å². The van der Waals surface area contributed by atoms with E-state index in [1.807, 2.05) is 0 Å². The average molecular weight is 268 g/mol. The lowest BCUT2D eigenvalue weighted by atomic mass is 10.1. The molecule has 3 N–H and O–H groups in total. The van der Waals surface area contributed by atoms with E-state index in [9.17, 15) is 13.6 Å². The first-order valence-electron chi connectivity index (χ1n) is 5.33. The van der Waals surface area contributed by atoms with Gasteiger partial charge >= 0.3 is 0 Å². The standard InChI is InChI=1S/C11H10F2N4O2/c1-5(7-4-6(12)2-3-8(7)13)15-11(18)9-10(14)17-19-16-9/h2-5H,1H3,(H2,14,17)(H,15,18).